The molecule has 0 fully saturated rings. The maximum absolute atomic E-state index is 12.8. The Morgan fingerprint density at radius 1 is 1.21 bits per heavy atom. The van der Waals surface area contributed by atoms with Gasteiger partial charge in [0.2, 0.25) is 11.9 Å². The third-order valence-corrected chi connectivity index (χ3v) is 5.64. The van der Waals surface area contributed by atoms with Crippen molar-refractivity contribution in [2.75, 3.05) is 17.7 Å². The highest BCUT2D eigenvalue weighted by molar-refractivity contribution is 7.17. The van der Waals surface area contributed by atoms with Gasteiger partial charge in [0.15, 0.2) is 0 Å². The summed E-state index contributed by atoms with van der Waals surface area (Å²) in [5.41, 5.74) is 2.32. The van der Waals surface area contributed by atoms with Crippen molar-refractivity contribution in [3.05, 3.63) is 52.5 Å². The minimum absolute atomic E-state index is 0.222. The van der Waals surface area contributed by atoms with Gasteiger partial charge in [-0.1, -0.05) is 17.7 Å². The molecule has 0 radical (unpaired) electrons. The molecule has 0 aliphatic carbocycles. The lowest BCUT2D eigenvalue weighted by atomic mass is 10.3. The summed E-state index contributed by atoms with van der Waals surface area (Å²) in [5.74, 6) is 0.788. The van der Waals surface area contributed by atoms with Crippen LogP contribution in [0.15, 0.2) is 42.6 Å². The van der Waals surface area contributed by atoms with E-state index >= 15 is 0 Å². The molecule has 2 N–H and O–H groups in total. The second-order valence-electron chi connectivity index (χ2n) is 5.92. The first-order valence-corrected chi connectivity index (χ1v) is 9.87. The molecule has 28 heavy (non-hydrogen) atoms. The molecule has 1 amide bonds. The maximum atomic E-state index is 12.8. The van der Waals surface area contributed by atoms with Crippen molar-refractivity contribution in [3.8, 4) is 10.6 Å². The summed E-state index contributed by atoms with van der Waals surface area (Å²) >= 11 is 7.61. The third kappa shape index (κ3) is 3.32. The molecule has 0 aliphatic rings. The Bertz CT molecular complexity index is 1170. The van der Waals surface area contributed by atoms with E-state index in [4.69, 9.17) is 11.6 Å². The van der Waals surface area contributed by atoms with E-state index in [1.807, 2.05) is 35.8 Å². The minimum atomic E-state index is -0.222. The normalized spacial score (nSPS) is 11.0. The molecule has 0 spiro atoms. The van der Waals surface area contributed by atoms with Crippen molar-refractivity contribution in [3.63, 3.8) is 0 Å². The fourth-order valence-electron chi connectivity index (χ4n) is 2.91. The Kier molecular flexibility index (Phi) is 4.97. The number of anilines is 2. The van der Waals surface area contributed by atoms with Crippen molar-refractivity contribution >= 4 is 51.8 Å². The van der Waals surface area contributed by atoms with Crippen LogP contribution in [0, 0.1) is 0 Å². The molecule has 0 saturated heterocycles. The van der Waals surface area contributed by atoms with E-state index in [2.05, 4.69) is 25.6 Å². The lowest BCUT2D eigenvalue weighted by molar-refractivity contribution is 0.102. The summed E-state index contributed by atoms with van der Waals surface area (Å²) in [6, 6.07) is 11.1. The second-order valence-corrected chi connectivity index (χ2v) is 7.41. The summed E-state index contributed by atoms with van der Waals surface area (Å²) < 4.78 is 1.93. The summed E-state index contributed by atoms with van der Waals surface area (Å²) in [5, 5.41) is 6.37. The highest BCUT2D eigenvalue weighted by atomic mass is 35.5. The highest BCUT2D eigenvalue weighted by Gasteiger charge is 2.17. The minimum Gasteiger partial charge on any atom is -0.357 e. The van der Waals surface area contributed by atoms with Gasteiger partial charge in [0.25, 0.3) is 5.91 Å². The number of halogens is 1. The number of benzene rings is 1. The molecule has 4 rings (SSSR count). The number of imidazole rings is 1. The van der Waals surface area contributed by atoms with Crippen LogP contribution in [0.25, 0.3) is 21.6 Å². The Morgan fingerprint density at radius 2 is 2.07 bits per heavy atom. The zero-order valence-corrected chi connectivity index (χ0v) is 16.8. The first-order valence-electron chi connectivity index (χ1n) is 8.67. The van der Waals surface area contributed by atoms with E-state index in [9.17, 15) is 4.79 Å². The molecule has 142 valence electrons. The maximum Gasteiger partial charge on any atom is 0.268 e. The predicted octanol–water partition coefficient (Wildman–Crippen LogP) is 4.52. The first-order chi connectivity index (χ1) is 13.6. The van der Waals surface area contributed by atoms with Crippen LogP contribution in [-0.2, 0) is 6.54 Å². The van der Waals surface area contributed by atoms with Crippen LogP contribution in [0.4, 0.5) is 11.9 Å². The quantitative estimate of drug-likeness (QED) is 0.503. The van der Waals surface area contributed by atoms with Crippen LogP contribution < -0.4 is 10.6 Å². The Balaban J connectivity index is 1.62. The molecular weight excluding hydrogens is 396 g/mol. The monoisotopic (exact) mass is 412 g/mol. The van der Waals surface area contributed by atoms with Crippen molar-refractivity contribution in [2.24, 2.45) is 0 Å². The van der Waals surface area contributed by atoms with Crippen LogP contribution in [0.5, 0.6) is 0 Å². The number of thiophene rings is 1. The van der Waals surface area contributed by atoms with E-state index in [0.29, 0.717) is 33.9 Å². The smallest absolute Gasteiger partial charge is 0.268 e. The third-order valence-electron chi connectivity index (χ3n) is 4.23. The largest absolute Gasteiger partial charge is 0.357 e. The molecule has 0 aliphatic heterocycles. The Morgan fingerprint density at radius 3 is 2.86 bits per heavy atom. The van der Waals surface area contributed by atoms with Gasteiger partial charge in [0.05, 0.1) is 26.0 Å². The number of para-hydroxylation sites is 1. The van der Waals surface area contributed by atoms with Gasteiger partial charge in [0, 0.05) is 19.8 Å². The number of amides is 1. The molecule has 0 bridgehead atoms. The number of aryl methyl sites for hydroxylation is 1. The molecule has 0 saturated carbocycles. The average Bonchev–Trinajstić information content (AvgIpc) is 3.33. The lowest BCUT2D eigenvalue weighted by Crippen LogP contribution is -2.14. The van der Waals surface area contributed by atoms with Gasteiger partial charge in [-0.3, -0.25) is 10.1 Å². The number of fused-ring (bicyclic) bond motifs is 1. The van der Waals surface area contributed by atoms with Gasteiger partial charge < -0.3 is 9.88 Å². The molecular formula is C19H17ClN6OS. The van der Waals surface area contributed by atoms with E-state index in [-0.39, 0.29) is 5.91 Å². The summed E-state index contributed by atoms with van der Waals surface area (Å²) in [7, 11) is 1.76. The van der Waals surface area contributed by atoms with Gasteiger partial charge >= 0.3 is 0 Å². The molecule has 0 atom stereocenters. The average molecular weight is 413 g/mol. The van der Waals surface area contributed by atoms with Crippen molar-refractivity contribution in [1.82, 2.24) is 19.5 Å². The van der Waals surface area contributed by atoms with E-state index in [1.54, 1.807) is 25.4 Å². The molecule has 4 aromatic rings. The zero-order chi connectivity index (χ0) is 19.7. The number of aromatic nitrogens is 4. The molecule has 9 heteroatoms. The first kappa shape index (κ1) is 18.4. The molecule has 3 aromatic heterocycles. The van der Waals surface area contributed by atoms with E-state index < -0.39 is 0 Å². The van der Waals surface area contributed by atoms with Crippen LogP contribution in [0.1, 0.15) is 16.6 Å². The van der Waals surface area contributed by atoms with E-state index in [1.165, 1.54) is 11.3 Å². The van der Waals surface area contributed by atoms with Crippen LogP contribution in [0.2, 0.25) is 5.02 Å². The van der Waals surface area contributed by atoms with Crippen LogP contribution in [-0.4, -0.2) is 32.5 Å². The number of hydrogen-bond acceptors (Lipinski definition) is 6. The molecule has 7 nitrogen and oxygen atoms in total. The van der Waals surface area contributed by atoms with Gasteiger partial charge in [-0.15, -0.1) is 11.3 Å². The van der Waals surface area contributed by atoms with Crippen LogP contribution in [0.3, 0.4) is 0 Å². The standard InChI is InChI=1S/C19H17ClN6OS/c1-3-26-13-6-4-5-11(20)16(13)24-19(26)25-17(27)15-8-7-14(28-15)12-9-10-22-18(21-2)23-12/h4-10H,3H2,1-2H3,(H,21,22,23)(H,24,25,27). The fraction of sp³-hybridized carbons (Fsp3) is 0.158. The number of carbonyl (C=O) groups is 1. The van der Waals surface area contributed by atoms with Gasteiger partial charge in [0.1, 0.15) is 5.52 Å². The number of carbonyl (C=O) groups excluding carboxylic acids is 1. The van der Waals surface area contributed by atoms with Crippen molar-refractivity contribution in [2.45, 2.75) is 13.5 Å². The van der Waals surface area contributed by atoms with Gasteiger partial charge in [-0.25, -0.2) is 15.0 Å². The predicted molar refractivity (Wildman–Crippen MR) is 113 cm³/mol. The molecule has 1 aromatic carbocycles. The van der Waals surface area contributed by atoms with Gasteiger partial charge in [-0.05, 0) is 37.3 Å². The summed E-state index contributed by atoms with van der Waals surface area (Å²) in [4.78, 5) is 27.3. The Hall–Kier alpha value is -2.97. The van der Waals surface area contributed by atoms with Gasteiger partial charge in [-0.2, -0.15) is 0 Å². The number of nitrogens with zero attached hydrogens (tertiary/aromatic N) is 4. The van der Waals surface area contributed by atoms with Crippen molar-refractivity contribution < 1.29 is 4.79 Å². The second kappa shape index (κ2) is 7.57. The van der Waals surface area contributed by atoms with Crippen LogP contribution >= 0.6 is 22.9 Å². The fourth-order valence-corrected chi connectivity index (χ4v) is 3.99. The number of nitrogens with one attached hydrogen (secondary N) is 2. The topological polar surface area (TPSA) is 84.7 Å². The molecule has 3 heterocycles. The van der Waals surface area contributed by atoms with Crippen molar-refractivity contribution in [1.29, 1.82) is 0 Å². The van der Waals surface area contributed by atoms with E-state index in [0.717, 1.165) is 16.1 Å². The molecule has 0 unspecified atom stereocenters. The number of hydrogen-bond donors (Lipinski definition) is 2. The lowest BCUT2D eigenvalue weighted by Gasteiger charge is -2.06. The zero-order valence-electron chi connectivity index (χ0n) is 15.2. The summed E-state index contributed by atoms with van der Waals surface area (Å²) in [6.45, 7) is 2.66. The SMILES string of the molecule is CCn1c(NC(=O)c2ccc(-c3ccnc(NC)n3)s2)nc2c(Cl)cccc21. The number of rotatable bonds is 5. The summed E-state index contributed by atoms with van der Waals surface area (Å²) in [6.07, 6.45) is 1.68. The highest BCUT2D eigenvalue weighted by Crippen LogP contribution is 2.29. The Labute approximate surface area is 170 Å².